The average molecular weight is 264 g/mol. The molecule has 5 nitrogen and oxygen atoms in total. The van der Waals surface area contributed by atoms with Crippen molar-refractivity contribution in [2.24, 2.45) is 11.5 Å². The molecule has 0 aliphatic carbocycles. The van der Waals surface area contributed by atoms with E-state index in [-0.39, 0.29) is 5.67 Å². The van der Waals surface area contributed by atoms with E-state index in [4.69, 9.17) is 25.7 Å². The molecule has 17 heavy (non-hydrogen) atoms. The highest BCUT2D eigenvalue weighted by Crippen LogP contribution is 2.05. The van der Waals surface area contributed by atoms with Gasteiger partial charge in [0.05, 0.1) is 47.7 Å². The van der Waals surface area contributed by atoms with Crippen molar-refractivity contribution in [1.29, 1.82) is 0 Å². The summed E-state index contributed by atoms with van der Waals surface area (Å²) in [4.78, 5) is 0. The fraction of sp³-hybridized carbons (Fsp3) is 1.00. The second-order valence-corrected chi connectivity index (χ2v) is 10.5. The first-order chi connectivity index (χ1) is 7.98. The molecule has 0 aromatic carbocycles. The summed E-state index contributed by atoms with van der Waals surface area (Å²) in [5.74, 6) is 0. The van der Waals surface area contributed by atoms with E-state index >= 15 is 0 Å². The Labute approximate surface area is 106 Å². The first-order valence-corrected chi connectivity index (χ1v) is 9.75. The SMILES string of the molecule is C[Si](C)(C)C(N)COCCOCCOCCN. The molecule has 0 aliphatic heterocycles. The zero-order valence-electron chi connectivity index (χ0n) is 11.4. The van der Waals surface area contributed by atoms with Crippen LogP contribution in [-0.4, -0.2) is 59.9 Å². The van der Waals surface area contributed by atoms with E-state index in [2.05, 4.69) is 19.6 Å². The Balaban J connectivity index is 3.19. The lowest BCUT2D eigenvalue weighted by Gasteiger charge is -2.24. The monoisotopic (exact) mass is 264 g/mol. The minimum absolute atomic E-state index is 0.190. The van der Waals surface area contributed by atoms with Gasteiger partial charge in [0.2, 0.25) is 0 Å². The van der Waals surface area contributed by atoms with Crippen LogP contribution in [0.1, 0.15) is 0 Å². The van der Waals surface area contributed by atoms with Crippen LogP contribution in [0.4, 0.5) is 0 Å². The number of nitrogens with two attached hydrogens (primary N) is 2. The highest BCUT2D eigenvalue weighted by molar-refractivity contribution is 6.77. The fourth-order valence-electron chi connectivity index (χ4n) is 0.983. The van der Waals surface area contributed by atoms with Crippen molar-refractivity contribution in [1.82, 2.24) is 0 Å². The maximum atomic E-state index is 6.01. The molecule has 1 unspecified atom stereocenters. The van der Waals surface area contributed by atoms with Crippen LogP contribution in [-0.2, 0) is 14.2 Å². The molecule has 0 aliphatic rings. The Morgan fingerprint density at radius 3 is 1.82 bits per heavy atom. The summed E-state index contributed by atoms with van der Waals surface area (Å²) < 4.78 is 16.0. The van der Waals surface area contributed by atoms with E-state index in [1.165, 1.54) is 0 Å². The summed E-state index contributed by atoms with van der Waals surface area (Å²) in [6.45, 7) is 10.9. The average Bonchev–Trinajstić information content (AvgIpc) is 2.25. The molecular weight excluding hydrogens is 236 g/mol. The molecule has 4 N–H and O–H groups in total. The summed E-state index contributed by atoms with van der Waals surface area (Å²) in [6, 6.07) is 0. The Bertz CT molecular complexity index is 177. The van der Waals surface area contributed by atoms with E-state index in [9.17, 15) is 0 Å². The molecule has 0 aromatic rings. The van der Waals surface area contributed by atoms with Crippen molar-refractivity contribution in [3.8, 4) is 0 Å². The maximum Gasteiger partial charge on any atom is 0.0701 e. The van der Waals surface area contributed by atoms with Gasteiger partial charge in [-0.1, -0.05) is 19.6 Å². The van der Waals surface area contributed by atoms with Crippen LogP contribution in [0.3, 0.4) is 0 Å². The zero-order chi connectivity index (χ0) is 13.1. The Morgan fingerprint density at radius 1 is 0.882 bits per heavy atom. The summed E-state index contributed by atoms with van der Waals surface area (Å²) in [7, 11) is -1.27. The molecule has 104 valence electrons. The van der Waals surface area contributed by atoms with Gasteiger partial charge >= 0.3 is 0 Å². The van der Waals surface area contributed by atoms with Crippen molar-refractivity contribution in [2.75, 3.05) is 46.2 Å². The summed E-state index contributed by atoms with van der Waals surface area (Å²) in [5.41, 5.74) is 11.5. The Kier molecular flexibility index (Phi) is 10.00. The summed E-state index contributed by atoms with van der Waals surface area (Å²) in [6.07, 6.45) is 0. The summed E-state index contributed by atoms with van der Waals surface area (Å²) in [5, 5.41) is 0. The van der Waals surface area contributed by atoms with Gasteiger partial charge in [0.1, 0.15) is 0 Å². The molecule has 0 fully saturated rings. The van der Waals surface area contributed by atoms with Crippen LogP contribution in [0.25, 0.3) is 0 Å². The van der Waals surface area contributed by atoms with E-state index in [1.807, 2.05) is 0 Å². The van der Waals surface area contributed by atoms with Crippen LogP contribution in [0.5, 0.6) is 0 Å². The molecule has 0 radical (unpaired) electrons. The predicted octanol–water partition coefficient (Wildman–Crippen LogP) is 0.200. The molecular formula is C11H28N2O3Si. The fourth-order valence-corrected chi connectivity index (χ4v) is 1.60. The van der Waals surface area contributed by atoms with Crippen LogP contribution >= 0.6 is 0 Å². The summed E-state index contributed by atoms with van der Waals surface area (Å²) >= 11 is 0. The Morgan fingerprint density at radius 2 is 1.35 bits per heavy atom. The van der Waals surface area contributed by atoms with Gasteiger partial charge in [0, 0.05) is 12.2 Å². The molecule has 0 spiro atoms. The smallest absolute Gasteiger partial charge is 0.0701 e. The van der Waals surface area contributed by atoms with Crippen molar-refractivity contribution in [2.45, 2.75) is 25.3 Å². The number of ether oxygens (including phenoxy) is 3. The van der Waals surface area contributed by atoms with Gasteiger partial charge in [0.15, 0.2) is 0 Å². The quantitative estimate of drug-likeness (QED) is 0.412. The minimum atomic E-state index is -1.27. The van der Waals surface area contributed by atoms with Crippen molar-refractivity contribution < 1.29 is 14.2 Å². The molecule has 0 aromatic heterocycles. The van der Waals surface area contributed by atoms with Gasteiger partial charge in [0.25, 0.3) is 0 Å². The van der Waals surface area contributed by atoms with Crippen molar-refractivity contribution in [3.63, 3.8) is 0 Å². The maximum absolute atomic E-state index is 6.01. The van der Waals surface area contributed by atoms with Gasteiger partial charge in [-0.3, -0.25) is 0 Å². The van der Waals surface area contributed by atoms with Gasteiger partial charge in [-0.2, -0.15) is 0 Å². The second kappa shape index (κ2) is 9.99. The van der Waals surface area contributed by atoms with Crippen LogP contribution in [0.15, 0.2) is 0 Å². The third kappa shape index (κ3) is 10.9. The number of rotatable bonds is 11. The second-order valence-electron chi connectivity index (χ2n) is 5.06. The standard InChI is InChI=1S/C11H28N2O3Si/c1-17(2,3)11(13)10-16-9-8-15-7-6-14-5-4-12/h11H,4-10,12-13H2,1-3H3. The molecule has 6 heteroatoms. The third-order valence-electron chi connectivity index (χ3n) is 2.42. The third-order valence-corrected chi connectivity index (χ3v) is 4.81. The minimum Gasteiger partial charge on any atom is -0.378 e. The molecule has 0 heterocycles. The van der Waals surface area contributed by atoms with E-state index in [1.54, 1.807) is 0 Å². The zero-order valence-corrected chi connectivity index (χ0v) is 12.4. The number of hydrogen-bond acceptors (Lipinski definition) is 5. The lowest BCUT2D eigenvalue weighted by molar-refractivity contribution is 0.0159. The topological polar surface area (TPSA) is 79.7 Å². The van der Waals surface area contributed by atoms with Crippen molar-refractivity contribution in [3.05, 3.63) is 0 Å². The van der Waals surface area contributed by atoms with Crippen LogP contribution in [0, 0.1) is 0 Å². The highest BCUT2D eigenvalue weighted by Gasteiger charge is 2.22. The number of hydrogen-bond donors (Lipinski definition) is 2. The molecule has 0 bridgehead atoms. The molecule has 0 saturated heterocycles. The van der Waals surface area contributed by atoms with E-state index in [0.29, 0.717) is 46.2 Å². The first kappa shape index (κ1) is 17.0. The normalized spacial score (nSPS) is 13.9. The molecule has 0 saturated carbocycles. The van der Waals surface area contributed by atoms with Crippen LogP contribution < -0.4 is 11.5 Å². The lowest BCUT2D eigenvalue weighted by atomic mass is 10.6. The van der Waals surface area contributed by atoms with E-state index < -0.39 is 8.07 Å². The van der Waals surface area contributed by atoms with Gasteiger partial charge in [-0.05, 0) is 0 Å². The molecule has 0 rings (SSSR count). The van der Waals surface area contributed by atoms with Gasteiger partial charge < -0.3 is 25.7 Å². The molecule has 0 amide bonds. The van der Waals surface area contributed by atoms with E-state index in [0.717, 1.165) is 0 Å². The Hall–Kier alpha value is 0.0169. The van der Waals surface area contributed by atoms with Gasteiger partial charge in [-0.15, -0.1) is 0 Å². The first-order valence-electron chi connectivity index (χ1n) is 6.17. The van der Waals surface area contributed by atoms with Crippen LogP contribution in [0.2, 0.25) is 19.6 Å². The lowest BCUT2D eigenvalue weighted by Crippen LogP contribution is -2.48. The van der Waals surface area contributed by atoms with Crippen molar-refractivity contribution >= 4 is 8.07 Å². The largest absolute Gasteiger partial charge is 0.378 e. The predicted molar refractivity (Wildman–Crippen MR) is 72.8 cm³/mol. The molecule has 1 atom stereocenters. The highest BCUT2D eigenvalue weighted by atomic mass is 28.3. The van der Waals surface area contributed by atoms with Gasteiger partial charge in [-0.25, -0.2) is 0 Å².